The number of rotatable bonds is 4. The highest BCUT2D eigenvalue weighted by atomic mass is 19.1. The van der Waals surface area contributed by atoms with Crippen LogP contribution in [0.1, 0.15) is 5.56 Å². The van der Waals surface area contributed by atoms with Gasteiger partial charge in [0.05, 0.1) is 12.4 Å². The monoisotopic (exact) mass is 276 g/mol. The first-order valence-electron chi connectivity index (χ1n) is 5.93. The molecule has 3 rings (SSSR count). The molecule has 8 heteroatoms. The Bertz CT molecular complexity index is 721. The molecule has 0 bridgehead atoms. The molecule has 0 fully saturated rings. The first kappa shape index (κ1) is 12.4. The number of fused-ring (bicyclic) bond motifs is 1. The van der Waals surface area contributed by atoms with E-state index < -0.39 is 11.6 Å². The molecule has 1 aromatic carbocycles. The van der Waals surface area contributed by atoms with Gasteiger partial charge in [-0.2, -0.15) is 4.52 Å². The predicted octanol–water partition coefficient (Wildman–Crippen LogP) is 1.45. The highest BCUT2D eigenvalue weighted by molar-refractivity contribution is 5.43. The maximum atomic E-state index is 13.0. The summed E-state index contributed by atoms with van der Waals surface area (Å²) in [5.41, 5.74) is 1.10. The number of hydrogen-bond donors (Lipinski definition) is 1. The predicted molar refractivity (Wildman–Crippen MR) is 67.1 cm³/mol. The number of anilines is 1. The summed E-state index contributed by atoms with van der Waals surface area (Å²) in [7, 11) is 0. The van der Waals surface area contributed by atoms with Crippen molar-refractivity contribution in [2.75, 3.05) is 11.9 Å². The number of halogens is 2. The molecule has 0 aliphatic carbocycles. The van der Waals surface area contributed by atoms with E-state index in [-0.39, 0.29) is 0 Å². The van der Waals surface area contributed by atoms with Crippen LogP contribution in [0.2, 0.25) is 0 Å². The van der Waals surface area contributed by atoms with Crippen LogP contribution in [0.5, 0.6) is 0 Å². The summed E-state index contributed by atoms with van der Waals surface area (Å²) >= 11 is 0. The van der Waals surface area contributed by atoms with Crippen molar-refractivity contribution in [3.63, 3.8) is 0 Å². The van der Waals surface area contributed by atoms with Gasteiger partial charge in [-0.3, -0.25) is 4.98 Å². The van der Waals surface area contributed by atoms with Crippen molar-refractivity contribution in [3.8, 4) is 0 Å². The summed E-state index contributed by atoms with van der Waals surface area (Å²) in [5.74, 6) is -0.544. The molecule has 0 saturated carbocycles. The average molecular weight is 276 g/mol. The van der Waals surface area contributed by atoms with Gasteiger partial charge in [-0.15, -0.1) is 5.10 Å². The van der Waals surface area contributed by atoms with Crippen molar-refractivity contribution >= 4 is 11.5 Å². The molecular weight excluding hydrogens is 266 g/mol. The molecule has 0 aliphatic heterocycles. The van der Waals surface area contributed by atoms with Crippen LogP contribution < -0.4 is 5.32 Å². The summed E-state index contributed by atoms with van der Waals surface area (Å²) in [5, 5.41) is 14.2. The highest BCUT2D eigenvalue weighted by Gasteiger charge is 2.04. The first-order chi connectivity index (χ1) is 9.72. The van der Waals surface area contributed by atoms with Gasteiger partial charge in [-0.25, -0.2) is 8.78 Å². The highest BCUT2D eigenvalue weighted by Crippen LogP contribution is 2.10. The number of hydrogen-bond acceptors (Lipinski definition) is 5. The van der Waals surface area contributed by atoms with Gasteiger partial charge in [0.15, 0.2) is 5.65 Å². The SMILES string of the molecule is Fc1cc(F)cc(CCNc2cncc3nnnn23)c1. The molecule has 3 aromatic rings. The van der Waals surface area contributed by atoms with E-state index in [1.54, 1.807) is 6.20 Å². The van der Waals surface area contributed by atoms with Crippen molar-refractivity contribution in [2.24, 2.45) is 0 Å². The first-order valence-corrected chi connectivity index (χ1v) is 5.93. The maximum Gasteiger partial charge on any atom is 0.199 e. The zero-order valence-corrected chi connectivity index (χ0v) is 10.3. The van der Waals surface area contributed by atoms with E-state index in [1.165, 1.54) is 22.8 Å². The fourth-order valence-electron chi connectivity index (χ4n) is 1.89. The van der Waals surface area contributed by atoms with E-state index >= 15 is 0 Å². The van der Waals surface area contributed by atoms with Gasteiger partial charge in [0, 0.05) is 12.6 Å². The molecule has 0 saturated heterocycles. The molecule has 0 spiro atoms. The number of benzene rings is 1. The zero-order valence-electron chi connectivity index (χ0n) is 10.3. The Morgan fingerprint density at radius 1 is 1.10 bits per heavy atom. The summed E-state index contributed by atoms with van der Waals surface area (Å²) in [6.45, 7) is 0.476. The van der Waals surface area contributed by atoms with E-state index in [9.17, 15) is 8.78 Å². The van der Waals surface area contributed by atoms with Crippen molar-refractivity contribution in [2.45, 2.75) is 6.42 Å². The van der Waals surface area contributed by atoms with E-state index in [0.29, 0.717) is 30.0 Å². The molecule has 0 atom stereocenters. The molecular formula is C12H10F2N6. The normalized spacial score (nSPS) is 10.9. The topological polar surface area (TPSA) is 68.0 Å². The molecule has 0 amide bonds. The fraction of sp³-hybridized carbons (Fsp3) is 0.167. The lowest BCUT2D eigenvalue weighted by molar-refractivity contribution is 0.580. The van der Waals surface area contributed by atoms with Crippen LogP contribution in [0.3, 0.4) is 0 Å². The van der Waals surface area contributed by atoms with E-state index in [1.807, 2.05) is 0 Å². The van der Waals surface area contributed by atoms with Gasteiger partial charge in [-0.05, 0) is 34.5 Å². The molecule has 6 nitrogen and oxygen atoms in total. The third-order valence-electron chi connectivity index (χ3n) is 2.75. The van der Waals surface area contributed by atoms with Crippen molar-refractivity contribution in [1.29, 1.82) is 0 Å². The molecule has 2 heterocycles. The second-order valence-electron chi connectivity index (χ2n) is 4.20. The third-order valence-corrected chi connectivity index (χ3v) is 2.75. The molecule has 20 heavy (non-hydrogen) atoms. The summed E-state index contributed by atoms with van der Waals surface area (Å²) in [6.07, 6.45) is 3.58. The summed E-state index contributed by atoms with van der Waals surface area (Å²) < 4.78 is 27.6. The van der Waals surface area contributed by atoms with Gasteiger partial charge in [0.25, 0.3) is 0 Å². The molecule has 0 aliphatic rings. The smallest absolute Gasteiger partial charge is 0.199 e. The van der Waals surface area contributed by atoms with E-state index in [4.69, 9.17) is 0 Å². The van der Waals surface area contributed by atoms with E-state index in [2.05, 4.69) is 25.8 Å². The second kappa shape index (κ2) is 5.16. The lowest BCUT2D eigenvalue weighted by Crippen LogP contribution is -2.09. The van der Waals surface area contributed by atoms with Crippen molar-refractivity contribution in [3.05, 3.63) is 47.8 Å². The van der Waals surface area contributed by atoms with Crippen molar-refractivity contribution < 1.29 is 8.78 Å². The van der Waals surface area contributed by atoms with Crippen LogP contribution in [-0.2, 0) is 6.42 Å². The maximum absolute atomic E-state index is 13.0. The summed E-state index contributed by atoms with van der Waals surface area (Å²) in [6, 6.07) is 3.46. The number of aromatic nitrogens is 5. The van der Waals surface area contributed by atoms with Crippen LogP contribution in [0.15, 0.2) is 30.6 Å². The fourth-order valence-corrected chi connectivity index (χ4v) is 1.89. The minimum Gasteiger partial charge on any atom is -0.368 e. The largest absolute Gasteiger partial charge is 0.368 e. The van der Waals surface area contributed by atoms with Crippen LogP contribution >= 0.6 is 0 Å². The van der Waals surface area contributed by atoms with E-state index in [0.717, 1.165) is 6.07 Å². The van der Waals surface area contributed by atoms with Gasteiger partial charge < -0.3 is 5.32 Å². The minimum atomic E-state index is -0.579. The molecule has 1 N–H and O–H groups in total. The Hall–Kier alpha value is -2.64. The Labute approximate surface area is 112 Å². The second-order valence-corrected chi connectivity index (χ2v) is 4.20. The van der Waals surface area contributed by atoms with Crippen molar-refractivity contribution in [1.82, 2.24) is 25.0 Å². The van der Waals surface area contributed by atoms with Gasteiger partial charge in [0.2, 0.25) is 0 Å². The molecule has 0 radical (unpaired) electrons. The van der Waals surface area contributed by atoms with Gasteiger partial charge in [-0.1, -0.05) is 0 Å². The Kier molecular flexibility index (Phi) is 3.20. The Morgan fingerprint density at radius 3 is 2.70 bits per heavy atom. The van der Waals surface area contributed by atoms with Crippen LogP contribution in [-0.4, -0.2) is 31.6 Å². The van der Waals surface area contributed by atoms with Gasteiger partial charge >= 0.3 is 0 Å². The average Bonchev–Trinajstić information content (AvgIpc) is 2.86. The third kappa shape index (κ3) is 2.53. The Morgan fingerprint density at radius 2 is 1.90 bits per heavy atom. The quantitative estimate of drug-likeness (QED) is 0.781. The van der Waals surface area contributed by atoms with Crippen LogP contribution in [0.4, 0.5) is 14.6 Å². The standard InChI is InChI=1S/C12H10F2N6/c13-9-3-8(4-10(14)5-9)1-2-16-11-6-15-7-12-17-18-19-20(11)12/h3-7,16H,1-2H2. The minimum absolute atomic E-state index is 0.465. The molecule has 102 valence electrons. The van der Waals surface area contributed by atoms with Crippen LogP contribution in [0.25, 0.3) is 5.65 Å². The molecule has 2 aromatic heterocycles. The Balaban J connectivity index is 1.69. The number of tetrazole rings is 1. The lowest BCUT2D eigenvalue weighted by atomic mass is 10.1. The van der Waals surface area contributed by atoms with Gasteiger partial charge in [0.1, 0.15) is 17.5 Å². The summed E-state index contributed by atoms with van der Waals surface area (Å²) in [4.78, 5) is 3.99. The number of nitrogens with zero attached hydrogens (tertiary/aromatic N) is 5. The number of nitrogens with one attached hydrogen (secondary N) is 1. The lowest BCUT2D eigenvalue weighted by Gasteiger charge is -2.07. The molecule has 0 unspecified atom stereocenters. The van der Waals surface area contributed by atoms with Crippen LogP contribution in [0, 0.1) is 11.6 Å². The zero-order chi connectivity index (χ0) is 13.9.